The highest BCUT2D eigenvalue weighted by molar-refractivity contribution is 8.03. The number of unbranched alkanes of at least 4 members (excludes halogenated alkanes) is 18. The molecule has 0 spiro atoms. The van der Waals surface area contributed by atoms with Crippen LogP contribution in [0.5, 0.6) is 0 Å². The fourth-order valence-electron chi connectivity index (χ4n) is 5.52. The van der Waals surface area contributed by atoms with Crippen molar-refractivity contribution in [3.63, 3.8) is 0 Å². The molecule has 0 aliphatic rings. The molecule has 0 aliphatic heterocycles. The van der Waals surface area contributed by atoms with Crippen LogP contribution in [0, 0.1) is 76.3 Å². The summed E-state index contributed by atoms with van der Waals surface area (Å²) in [5.41, 5.74) is -1.52. The molecule has 60 heavy (non-hydrogen) atoms. The Kier molecular flexibility index (Phi) is 42.4. The lowest BCUT2D eigenvalue weighted by molar-refractivity contribution is -0.162. The lowest BCUT2D eigenvalue weighted by atomic mass is 9.93. The van der Waals surface area contributed by atoms with Crippen molar-refractivity contribution >= 4 is 59.5 Å². The average Bonchev–Trinajstić information content (AvgIpc) is 3.25. The van der Waals surface area contributed by atoms with Gasteiger partial charge in [-0.05, 0) is 88.8 Å². The van der Waals surface area contributed by atoms with Gasteiger partial charge in [0.25, 0.3) is 0 Å². The molecule has 0 saturated carbocycles. The van der Waals surface area contributed by atoms with E-state index in [9.17, 15) is 19.2 Å². The van der Waals surface area contributed by atoms with Crippen molar-refractivity contribution in [1.29, 1.82) is 0 Å². The van der Waals surface area contributed by atoms with E-state index in [1.165, 1.54) is 127 Å². The van der Waals surface area contributed by atoms with Crippen LogP contribution in [0.2, 0.25) is 0 Å². The lowest BCUT2D eigenvalue weighted by Gasteiger charge is -2.26. The molecule has 10 heteroatoms. The summed E-state index contributed by atoms with van der Waals surface area (Å²) in [5, 5.41) is 2.76. The number of aldehydes is 1. The number of rotatable bonds is 38. The Morgan fingerprint density at radius 1 is 0.467 bits per heavy atom. The number of terminal acetylenes is 1. The van der Waals surface area contributed by atoms with Crippen LogP contribution in [0.3, 0.4) is 0 Å². The fraction of sp³-hybridized carbons (Fsp3) is 0.680. The normalized spacial score (nSPS) is 10.0. The van der Waals surface area contributed by atoms with Gasteiger partial charge in [-0.15, -0.1) is 6.42 Å². The summed E-state index contributed by atoms with van der Waals surface area (Å²) in [5.74, 6) is 26.7. The molecule has 0 atom stereocenters. The second kappa shape index (κ2) is 45.0. The molecule has 0 heterocycles. The summed E-state index contributed by atoms with van der Waals surface area (Å²) in [6.07, 6.45) is 31.6. The highest BCUT2D eigenvalue weighted by Gasteiger charge is 2.36. The van der Waals surface area contributed by atoms with Crippen LogP contribution in [0.1, 0.15) is 162 Å². The third kappa shape index (κ3) is 39.9. The predicted molar refractivity (Wildman–Crippen MR) is 254 cm³/mol. The quantitative estimate of drug-likeness (QED) is 0.0196. The molecule has 0 fully saturated rings. The maximum atomic E-state index is 12.7. The van der Waals surface area contributed by atoms with E-state index in [0.29, 0.717) is 23.5 Å². The Morgan fingerprint density at radius 3 is 1.17 bits per heavy atom. The minimum Gasteiger partial charge on any atom is -0.464 e. The Hall–Kier alpha value is -3.51. The monoisotopic (exact) mass is 878 g/mol. The van der Waals surface area contributed by atoms with Crippen LogP contribution < -0.4 is 0 Å². The van der Waals surface area contributed by atoms with Crippen LogP contribution in [0.25, 0.3) is 0 Å². The fourth-order valence-corrected chi connectivity index (χ4v) is 7.86. The molecule has 0 saturated heterocycles. The molecule has 0 aromatic heterocycles. The first-order chi connectivity index (χ1) is 29.4. The molecule has 0 rings (SSSR count). The van der Waals surface area contributed by atoms with E-state index in [1.54, 1.807) is 23.5 Å². The molecule has 0 aliphatic carbocycles. The molecule has 330 valence electrons. The number of thioether (sulfide) groups is 3. The van der Waals surface area contributed by atoms with Gasteiger partial charge in [-0.2, -0.15) is 23.5 Å². The number of carbonyl (C=O) groups is 4. The first-order valence-corrected chi connectivity index (χ1v) is 25.4. The van der Waals surface area contributed by atoms with Gasteiger partial charge >= 0.3 is 17.9 Å². The van der Waals surface area contributed by atoms with E-state index in [-0.39, 0.29) is 32.5 Å². The van der Waals surface area contributed by atoms with Crippen molar-refractivity contribution in [2.75, 3.05) is 48.6 Å². The number of ether oxygens (including phenoxy) is 3. The summed E-state index contributed by atoms with van der Waals surface area (Å²) in [6.45, 7) is 3.36. The van der Waals surface area contributed by atoms with Gasteiger partial charge in [0.15, 0.2) is 0 Å². The highest BCUT2D eigenvalue weighted by atomic mass is 32.2. The van der Waals surface area contributed by atoms with E-state index in [2.05, 4.69) is 78.3 Å². The van der Waals surface area contributed by atoms with Gasteiger partial charge in [-0.1, -0.05) is 141 Å². The smallest absolute Gasteiger partial charge is 0.306 e. The van der Waals surface area contributed by atoms with Gasteiger partial charge in [0.1, 0.15) is 31.5 Å². The van der Waals surface area contributed by atoms with Gasteiger partial charge in [0.05, 0.1) is 19.3 Å². The summed E-state index contributed by atoms with van der Waals surface area (Å²) in [4.78, 5) is 50.4. The van der Waals surface area contributed by atoms with Gasteiger partial charge < -0.3 is 19.0 Å². The molecular weight excluding hydrogens is 809 g/mol. The third-order valence-corrected chi connectivity index (χ3v) is 11.9. The number of esters is 3. The molecule has 0 aromatic rings. The van der Waals surface area contributed by atoms with Crippen molar-refractivity contribution < 1.29 is 33.4 Å². The summed E-state index contributed by atoms with van der Waals surface area (Å²) in [6, 6.07) is 0. The molecule has 0 N–H and O–H groups in total. The Balaban J connectivity index is 4.79. The topological polar surface area (TPSA) is 96.0 Å². The van der Waals surface area contributed by atoms with Crippen LogP contribution in [0.4, 0.5) is 0 Å². The molecule has 0 bridgehead atoms. The van der Waals surface area contributed by atoms with Crippen LogP contribution >= 0.6 is 35.3 Å². The van der Waals surface area contributed by atoms with Crippen molar-refractivity contribution in [2.24, 2.45) is 5.41 Å². The largest absolute Gasteiger partial charge is 0.464 e. The maximum absolute atomic E-state index is 12.7. The Morgan fingerprint density at radius 2 is 0.800 bits per heavy atom. The second-order valence-corrected chi connectivity index (χ2v) is 17.9. The number of hydrogen-bond donors (Lipinski definition) is 0. The number of carbonyl (C=O) groups excluding carboxylic acids is 4. The van der Waals surface area contributed by atoms with Crippen molar-refractivity contribution in [3.8, 4) is 70.9 Å². The van der Waals surface area contributed by atoms with Crippen molar-refractivity contribution in [1.82, 2.24) is 0 Å². The zero-order valence-electron chi connectivity index (χ0n) is 36.7. The van der Waals surface area contributed by atoms with Gasteiger partial charge in [-0.25, -0.2) is 0 Å². The first kappa shape index (κ1) is 56.5. The Labute approximate surface area is 377 Å². The number of hydrogen-bond acceptors (Lipinski definition) is 10. The molecular formula is C50H70O7S3. The van der Waals surface area contributed by atoms with E-state index < -0.39 is 29.9 Å². The molecule has 0 amide bonds. The first-order valence-electron chi connectivity index (χ1n) is 22.1. The van der Waals surface area contributed by atoms with E-state index in [4.69, 9.17) is 20.6 Å². The summed E-state index contributed by atoms with van der Waals surface area (Å²) in [7, 11) is 0. The zero-order valence-corrected chi connectivity index (χ0v) is 39.1. The highest BCUT2D eigenvalue weighted by Crippen LogP contribution is 2.20. The van der Waals surface area contributed by atoms with E-state index in [0.717, 1.165) is 24.3 Å². The summed E-state index contributed by atoms with van der Waals surface area (Å²) < 4.78 is 16.4. The van der Waals surface area contributed by atoms with E-state index in [1.807, 2.05) is 0 Å². The van der Waals surface area contributed by atoms with E-state index >= 15 is 0 Å². The van der Waals surface area contributed by atoms with Crippen LogP contribution in [0.15, 0.2) is 0 Å². The molecule has 0 aromatic carbocycles. The summed E-state index contributed by atoms with van der Waals surface area (Å²) >= 11 is 4.61. The minimum absolute atomic E-state index is 0.0158. The molecule has 7 nitrogen and oxygen atoms in total. The Bertz CT molecular complexity index is 1480. The third-order valence-electron chi connectivity index (χ3n) is 9.10. The predicted octanol–water partition coefficient (Wildman–Crippen LogP) is 10.6. The van der Waals surface area contributed by atoms with Crippen LogP contribution in [-0.2, 0) is 33.4 Å². The minimum atomic E-state index is -1.52. The molecule has 0 unspecified atom stereocenters. The van der Waals surface area contributed by atoms with Crippen LogP contribution in [-0.4, -0.2) is 72.8 Å². The van der Waals surface area contributed by atoms with Gasteiger partial charge in [-0.3, -0.25) is 14.4 Å². The molecule has 0 radical (unpaired) electrons. The average molecular weight is 879 g/mol. The SMILES string of the molecule is C#CC#CC#CC#CC#CC#CSCCC(=O)OCC(C=O)(COC(=O)CCSCCCCCCCCCCCC)COC(=O)CCSCCCCCCCCCCCC. The van der Waals surface area contributed by atoms with Gasteiger partial charge in [0, 0.05) is 17.3 Å². The standard InChI is InChI=1S/C50H70O7S3/c1-4-7-10-13-16-19-22-25-28-31-37-58-40-34-47(52)55-44-50(43-51,45-56-48(53)35-41-59-38-32-29-26-23-20-17-14-11-8-5-2)46-57-49(54)36-42-60-39-33-30-27-24-21-18-15-12-9-6-3/h1,43H,5-6,8-9,11-12,14-15,17-18,20-21,23-24,26-27,29-30,32-36,38-42,44-46H2,2-3H3. The second-order valence-electron chi connectivity index (χ2n) is 14.5. The van der Waals surface area contributed by atoms with Crippen molar-refractivity contribution in [3.05, 3.63) is 0 Å². The zero-order chi connectivity index (χ0) is 43.9. The lowest BCUT2D eigenvalue weighted by Crippen LogP contribution is -2.41. The maximum Gasteiger partial charge on any atom is 0.306 e. The van der Waals surface area contributed by atoms with Crippen molar-refractivity contribution in [2.45, 2.75) is 162 Å². The van der Waals surface area contributed by atoms with Gasteiger partial charge in [0.2, 0.25) is 0 Å².